The van der Waals surface area contributed by atoms with Gasteiger partial charge in [-0.05, 0) is 67.7 Å². The summed E-state index contributed by atoms with van der Waals surface area (Å²) in [4.78, 5) is 12.2. The number of anilines is 1. The molecule has 3 rings (SSSR count). The lowest BCUT2D eigenvalue weighted by Crippen LogP contribution is -2.31. The Balaban J connectivity index is 1.51. The molecule has 1 aromatic carbocycles. The third-order valence-electron chi connectivity index (χ3n) is 4.66. The van der Waals surface area contributed by atoms with E-state index in [-0.39, 0.29) is 5.91 Å². The number of hydrogen-bond donors (Lipinski definition) is 2. The van der Waals surface area contributed by atoms with Crippen molar-refractivity contribution in [2.45, 2.75) is 39.0 Å². The van der Waals surface area contributed by atoms with Crippen LogP contribution in [0.3, 0.4) is 0 Å². The van der Waals surface area contributed by atoms with E-state index in [1.54, 1.807) is 0 Å². The van der Waals surface area contributed by atoms with E-state index in [0.717, 1.165) is 36.7 Å². The minimum Gasteiger partial charge on any atom is -0.385 e. The van der Waals surface area contributed by atoms with Crippen molar-refractivity contribution in [1.82, 2.24) is 5.32 Å². The molecular formula is C17H24N2O. The van der Waals surface area contributed by atoms with E-state index in [9.17, 15) is 4.79 Å². The highest BCUT2D eigenvalue weighted by Crippen LogP contribution is 2.60. The van der Waals surface area contributed by atoms with Gasteiger partial charge in [-0.15, -0.1) is 0 Å². The minimum atomic E-state index is 0.0685. The van der Waals surface area contributed by atoms with Gasteiger partial charge in [0.25, 0.3) is 5.91 Å². The minimum absolute atomic E-state index is 0.0685. The lowest BCUT2D eigenvalue weighted by Gasteiger charge is -2.15. The molecule has 0 saturated heterocycles. The predicted octanol–water partition coefficient (Wildman–Crippen LogP) is 3.43. The molecule has 2 aliphatic rings. The number of hydrogen-bond acceptors (Lipinski definition) is 2. The summed E-state index contributed by atoms with van der Waals surface area (Å²) in [5.41, 5.74) is 2.32. The van der Waals surface area contributed by atoms with Gasteiger partial charge < -0.3 is 10.6 Å². The summed E-state index contributed by atoms with van der Waals surface area (Å²) in [6.07, 6.45) is 6.45. The molecule has 3 heteroatoms. The molecule has 0 aromatic heterocycles. The molecule has 0 aliphatic heterocycles. The maximum absolute atomic E-state index is 12.2. The molecular weight excluding hydrogens is 248 g/mol. The van der Waals surface area contributed by atoms with E-state index in [1.165, 1.54) is 25.7 Å². The van der Waals surface area contributed by atoms with Crippen molar-refractivity contribution in [1.29, 1.82) is 0 Å². The number of nitrogens with one attached hydrogen (secondary N) is 2. The maximum atomic E-state index is 12.2. The zero-order valence-corrected chi connectivity index (χ0v) is 12.2. The highest BCUT2D eigenvalue weighted by Gasteiger charge is 2.53. The van der Waals surface area contributed by atoms with Crippen LogP contribution in [-0.2, 0) is 0 Å². The van der Waals surface area contributed by atoms with Gasteiger partial charge >= 0.3 is 0 Å². The molecule has 108 valence electrons. The second-order valence-electron chi connectivity index (χ2n) is 6.32. The lowest BCUT2D eigenvalue weighted by atomic mass is 10.0. The number of carbonyl (C=O) groups excluding carboxylic acids is 1. The Morgan fingerprint density at radius 1 is 1.25 bits per heavy atom. The molecule has 0 atom stereocenters. The Morgan fingerprint density at radius 2 is 1.95 bits per heavy atom. The van der Waals surface area contributed by atoms with Crippen LogP contribution in [0.2, 0.25) is 0 Å². The van der Waals surface area contributed by atoms with E-state index in [4.69, 9.17) is 0 Å². The van der Waals surface area contributed by atoms with Crippen LogP contribution < -0.4 is 10.6 Å². The summed E-state index contributed by atoms with van der Waals surface area (Å²) in [5, 5.41) is 6.44. The van der Waals surface area contributed by atoms with Crippen molar-refractivity contribution in [2.75, 3.05) is 18.4 Å². The molecule has 2 N–H and O–H groups in total. The first kappa shape index (κ1) is 13.5. The smallest absolute Gasteiger partial charge is 0.251 e. The van der Waals surface area contributed by atoms with Gasteiger partial charge in [-0.25, -0.2) is 0 Å². The Morgan fingerprint density at radius 3 is 2.50 bits per heavy atom. The summed E-state index contributed by atoms with van der Waals surface area (Å²) < 4.78 is 0. The molecule has 0 radical (unpaired) electrons. The third-order valence-corrected chi connectivity index (χ3v) is 4.66. The van der Waals surface area contributed by atoms with Gasteiger partial charge in [0.15, 0.2) is 0 Å². The molecule has 1 aromatic rings. The van der Waals surface area contributed by atoms with E-state index in [2.05, 4.69) is 17.6 Å². The highest BCUT2D eigenvalue weighted by molar-refractivity contribution is 5.94. The van der Waals surface area contributed by atoms with Crippen LogP contribution in [0.25, 0.3) is 0 Å². The summed E-state index contributed by atoms with van der Waals surface area (Å²) in [7, 11) is 0. The first-order valence-corrected chi connectivity index (χ1v) is 7.86. The van der Waals surface area contributed by atoms with Gasteiger partial charge in [0.05, 0.1) is 0 Å². The quantitative estimate of drug-likeness (QED) is 0.798. The van der Waals surface area contributed by atoms with Crippen LogP contribution in [0.15, 0.2) is 24.3 Å². The molecule has 0 unspecified atom stereocenters. The Hall–Kier alpha value is -1.51. The molecule has 20 heavy (non-hydrogen) atoms. The number of benzene rings is 1. The van der Waals surface area contributed by atoms with E-state index in [0.29, 0.717) is 5.41 Å². The first-order valence-electron chi connectivity index (χ1n) is 7.86. The molecule has 0 spiro atoms. The topological polar surface area (TPSA) is 41.1 Å². The zero-order chi connectivity index (χ0) is 14.0. The predicted molar refractivity (Wildman–Crippen MR) is 81.9 cm³/mol. The van der Waals surface area contributed by atoms with Crippen molar-refractivity contribution in [3.63, 3.8) is 0 Å². The second-order valence-corrected chi connectivity index (χ2v) is 6.32. The largest absolute Gasteiger partial charge is 0.385 e. The van der Waals surface area contributed by atoms with E-state index < -0.39 is 0 Å². The van der Waals surface area contributed by atoms with E-state index in [1.807, 2.05) is 24.3 Å². The molecule has 2 aliphatic carbocycles. The fraction of sp³-hybridized carbons (Fsp3) is 0.588. The van der Waals surface area contributed by atoms with Crippen LogP contribution in [-0.4, -0.2) is 19.0 Å². The Labute approximate surface area is 121 Å². The Kier molecular flexibility index (Phi) is 3.68. The SMILES string of the molecule is CCCNc1ccc(C(=O)NCC2(C3CC3)CC2)cc1. The first-order chi connectivity index (χ1) is 9.73. The van der Waals surface area contributed by atoms with Crippen LogP contribution in [0, 0.1) is 11.3 Å². The van der Waals surface area contributed by atoms with Gasteiger partial charge in [0.2, 0.25) is 0 Å². The fourth-order valence-corrected chi connectivity index (χ4v) is 2.95. The monoisotopic (exact) mass is 272 g/mol. The van der Waals surface area contributed by atoms with Gasteiger partial charge in [0.1, 0.15) is 0 Å². The van der Waals surface area contributed by atoms with Gasteiger partial charge in [0, 0.05) is 24.3 Å². The normalized spacial score (nSPS) is 19.4. The number of rotatable bonds is 7. The van der Waals surface area contributed by atoms with E-state index >= 15 is 0 Å². The van der Waals surface area contributed by atoms with Crippen molar-refractivity contribution in [3.05, 3.63) is 29.8 Å². The van der Waals surface area contributed by atoms with Crippen LogP contribution >= 0.6 is 0 Å². The average Bonchev–Trinajstić information content (AvgIpc) is 3.36. The van der Waals surface area contributed by atoms with Crippen LogP contribution in [0.5, 0.6) is 0 Å². The standard InChI is InChI=1S/C17H24N2O/c1-2-11-18-15-7-3-13(4-8-15)16(20)19-12-17(9-10-17)14-5-6-14/h3-4,7-8,14,18H,2,5-6,9-12H2,1H3,(H,19,20). The molecule has 2 fully saturated rings. The van der Waals surface area contributed by atoms with Crippen LogP contribution in [0.4, 0.5) is 5.69 Å². The van der Waals surface area contributed by atoms with Gasteiger partial charge in [-0.1, -0.05) is 6.92 Å². The zero-order valence-electron chi connectivity index (χ0n) is 12.2. The number of amides is 1. The summed E-state index contributed by atoms with van der Waals surface area (Å²) in [6.45, 7) is 3.98. The second kappa shape index (κ2) is 5.47. The van der Waals surface area contributed by atoms with Gasteiger partial charge in [-0.3, -0.25) is 4.79 Å². The highest BCUT2D eigenvalue weighted by atomic mass is 16.1. The van der Waals surface area contributed by atoms with Crippen molar-refractivity contribution < 1.29 is 4.79 Å². The van der Waals surface area contributed by atoms with Crippen LogP contribution in [0.1, 0.15) is 49.4 Å². The molecule has 0 heterocycles. The fourth-order valence-electron chi connectivity index (χ4n) is 2.95. The maximum Gasteiger partial charge on any atom is 0.251 e. The lowest BCUT2D eigenvalue weighted by molar-refractivity contribution is 0.0942. The summed E-state index contributed by atoms with van der Waals surface area (Å²) >= 11 is 0. The summed E-state index contributed by atoms with van der Waals surface area (Å²) in [6, 6.07) is 7.78. The van der Waals surface area contributed by atoms with Crippen molar-refractivity contribution >= 4 is 11.6 Å². The average molecular weight is 272 g/mol. The van der Waals surface area contributed by atoms with Crippen molar-refractivity contribution in [2.24, 2.45) is 11.3 Å². The number of carbonyl (C=O) groups is 1. The van der Waals surface area contributed by atoms with Gasteiger partial charge in [-0.2, -0.15) is 0 Å². The molecule has 3 nitrogen and oxygen atoms in total. The van der Waals surface area contributed by atoms with Crippen molar-refractivity contribution in [3.8, 4) is 0 Å². The summed E-state index contributed by atoms with van der Waals surface area (Å²) in [5.74, 6) is 0.961. The molecule has 0 bridgehead atoms. The third kappa shape index (κ3) is 2.97. The Bertz CT molecular complexity index is 472. The molecule has 1 amide bonds. The molecule has 2 saturated carbocycles.